The van der Waals surface area contributed by atoms with Gasteiger partial charge in [0.05, 0.1) is 19.0 Å². The van der Waals surface area contributed by atoms with E-state index in [4.69, 9.17) is 0 Å². The predicted octanol–water partition coefficient (Wildman–Crippen LogP) is 2.65. The molecule has 1 unspecified atom stereocenters. The topological polar surface area (TPSA) is 24.8 Å². The van der Waals surface area contributed by atoms with Crippen molar-refractivity contribution in [1.29, 1.82) is 0 Å². The number of carbonyl (C=O) groups excluding carboxylic acids is 1. The molecule has 0 radical (unpaired) electrons. The van der Waals surface area contributed by atoms with E-state index in [1.165, 1.54) is 48.6 Å². The first kappa shape index (κ1) is 16.6. The highest BCUT2D eigenvalue weighted by atomic mass is 16.2. The summed E-state index contributed by atoms with van der Waals surface area (Å²) >= 11 is 0. The molecule has 2 aliphatic rings. The molecule has 3 heteroatoms. The smallest absolute Gasteiger partial charge is 0.231 e. The normalized spacial score (nSPS) is 24.4. The first-order chi connectivity index (χ1) is 12.3. The number of rotatable bonds is 3. The van der Waals surface area contributed by atoms with Gasteiger partial charge in [-0.2, -0.15) is 0 Å². The third kappa shape index (κ3) is 3.72. The third-order valence-corrected chi connectivity index (χ3v) is 5.96. The lowest BCUT2D eigenvalue weighted by atomic mass is 9.94. The van der Waals surface area contributed by atoms with E-state index < -0.39 is 0 Å². The number of fused-ring (bicyclic) bond motifs is 1. The van der Waals surface area contributed by atoms with Crippen molar-refractivity contribution < 1.29 is 9.69 Å². The highest BCUT2D eigenvalue weighted by Crippen LogP contribution is 2.19. The Labute approximate surface area is 150 Å². The SMILES string of the molecule is O=C([C@H]1CCC[NH+](Cc2cccc3ccccc23)C1)N1CCCCC1. The van der Waals surface area contributed by atoms with E-state index in [1.807, 2.05) is 0 Å². The van der Waals surface area contributed by atoms with Crippen LogP contribution in [0.1, 0.15) is 37.7 Å². The summed E-state index contributed by atoms with van der Waals surface area (Å²) in [6, 6.07) is 15.3. The Morgan fingerprint density at radius 3 is 2.68 bits per heavy atom. The van der Waals surface area contributed by atoms with Crippen molar-refractivity contribution in [2.45, 2.75) is 38.6 Å². The van der Waals surface area contributed by atoms with Crippen molar-refractivity contribution in [2.75, 3.05) is 26.2 Å². The van der Waals surface area contributed by atoms with Gasteiger partial charge in [-0.3, -0.25) is 4.79 Å². The van der Waals surface area contributed by atoms with Gasteiger partial charge in [-0.05, 0) is 42.9 Å². The molecule has 1 amide bonds. The van der Waals surface area contributed by atoms with Gasteiger partial charge in [-0.25, -0.2) is 0 Å². The lowest BCUT2D eigenvalue weighted by Crippen LogP contribution is -3.12. The highest BCUT2D eigenvalue weighted by molar-refractivity contribution is 5.85. The van der Waals surface area contributed by atoms with Gasteiger partial charge in [-0.15, -0.1) is 0 Å². The monoisotopic (exact) mass is 337 g/mol. The molecule has 3 nitrogen and oxygen atoms in total. The number of piperidine rings is 2. The Balaban J connectivity index is 1.45. The van der Waals surface area contributed by atoms with Crippen LogP contribution in [0.3, 0.4) is 0 Å². The molecule has 2 aliphatic heterocycles. The molecule has 2 heterocycles. The molecule has 2 atom stereocenters. The second kappa shape index (κ2) is 7.57. The van der Waals surface area contributed by atoms with Crippen LogP contribution >= 0.6 is 0 Å². The van der Waals surface area contributed by atoms with Gasteiger partial charge in [0.15, 0.2) is 0 Å². The molecule has 25 heavy (non-hydrogen) atoms. The predicted molar refractivity (Wildman–Crippen MR) is 102 cm³/mol. The van der Waals surface area contributed by atoms with E-state index >= 15 is 0 Å². The zero-order valence-electron chi connectivity index (χ0n) is 15.0. The average Bonchev–Trinajstić information content (AvgIpc) is 2.69. The number of hydrogen-bond acceptors (Lipinski definition) is 1. The summed E-state index contributed by atoms with van der Waals surface area (Å²) in [5, 5.41) is 2.68. The van der Waals surface area contributed by atoms with Crippen LogP contribution in [-0.2, 0) is 11.3 Å². The van der Waals surface area contributed by atoms with Gasteiger partial charge in [0.1, 0.15) is 6.54 Å². The van der Waals surface area contributed by atoms with Gasteiger partial charge >= 0.3 is 0 Å². The van der Waals surface area contributed by atoms with E-state index in [2.05, 4.69) is 47.4 Å². The summed E-state index contributed by atoms with van der Waals surface area (Å²) in [6.07, 6.45) is 5.90. The van der Waals surface area contributed by atoms with E-state index in [0.717, 1.165) is 32.6 Å². The fourth-order valence-electron chi connectivity index (χ4n) is 4.61. The minimum Gasteiger partial charge on any atom is -0.342 e. The maximum atomic E-state index is 12.9. The van der Waals surface area contributed by atoms with E-state index in [1.54, 1.807) is 4.90 Å². The molecule has 2 aromatic rings. The minimum absolute atomic E-state index is 0.233. The summed E-state index contributed by atoms with van der Waals surface area (Å²) in [7, 11) is 0. The fourth-order valence-corrected chi connectivity index (χ4v) is 4.61. The highest BCUT2D eigenvalue weighted by Gasteiger charge is 2.32. The quantitative estimate of drug-likeness (QED) is 0.915. The Morgan fingerprint density at radius 1 is 1.00 bits per heavy atom. The van der Waals surface area contributed by atoms with Crippen molar-refractivity contribution in [3.63, 3.8) is 0 Å². The van der Waals surface area contributed by atoms with Crippen molar-refractivity contribution in [2.24, 2.45) is 5.92 Å². The molecule has 2 aromatic carbocycles. The number of carbonyl (C=O) groups is 1. The number of likely N-dealkylation sites (tertiary alicyclic amines) is 2. The molecule has 0 aromatic heterocycles. The Hall–Kier alpha value is -1.87. The number of amides is 1. The van der Waals surface area contributed by atoms with Crippen LogP contribution < -0.4 is 4.90 Å². The molecule has 0 bridgehead atoms. The molecule has 2 saturated heterocycles. The van der Waals surface area contributed by atoms with Gasteiger partial charge in [0.2, 0.25) is 5.91 Å². The second-order valence-corrected chi connectivity index (χ2v) is 7.74. The van der Waals surface area contributed by atoms with Gasteiger partial charge < -0.3 is 9.80 Å². The Morgan fingerprint density at radius 2 is 1.80 bits per heavy atom. The largest absolute Gasteiger partial charge is 0.342 e. The number of quaternary nitrogens is 1. The number of nitrogens with one attached hydrogen (secondary N) is 1. The number of nitrogens with zero attached hydrogens (tertiary/aromatic N) is 1. The van der Waals surface area contributed by atoms with Gasteiger partial charge in [0, 0.05) is 18.7 Å². The maximum absolute atomic E-state index is 12.9. The van der Waals surface area contributed by atoms with E-state index in [0.29, 0.717) is 5.91 Å². The van der Waals surface area contributed by atoms with E-state index in [-0.39, 0.29) is 5.92 Å². The number of benzene rings is 2. The van der Waals surface area contributed by atoms with Crippen LogP contribution in [0.4, 0.5) is 0 Å². The average molecular weight is 337 g/mol. The van der Waals surface area contributed by atoms with Crippen molar-refractivity contribution in [3.8, 4) is 0 Å². The lowest BCUT2D eigenvalue weighted by molar-refractivity contribution is -0.921. The third-order valence-electron chi connectivity index (χ3n) is 5.96. The fraction of sp³-hybridized carbons (Fsp3) is 0.500. The van der Waals surface area contributed by atoms with Crippen LogP contribution in [0, 0.1) is 5.92 Å². The molecule has 0 saturated carbocycles. The van der Waals surface area contributed by atoms with Crippen LogP contribution in [-0.4, -0.2) is 37.0 Å². The van der Waals surface area contributed by atoms with Crippen molar-refractivity contribution >= 4 is 16.7 Å². The zero-order chi connectivity index (χ0) is 17.1. The van der Waals surface area contributed by atoms with Crippen LogP contribution in [0.2, 0.25) is 0 Å². The lowest BCUT2D eigenvalue weighted by Gasteiger charge is -2.34. The van der Waals surface area contributed by atoms with Crippen molar-refractivity contribution in [1.82, 2.24) is 4.90 Å². The van der Waals surface area contributed by atoms with E-state index in [9.17, 15) is 4.79 Å². The van der Waals surface area contributed by atoms with Crippen LogP contribution in [0.25, 0.3) is 10.8 Å². The molecule has 0 spiro atoms. The molecule has 0 aliphatic carbocycles. The standard InChI is InChI=1S/C22H28N2O/c25-22(24-14-4-1-5-15-24)20-11-7-13-23(17-20)16-19-10-6-9-18-8-2-3-12-21(18)19/h2-3,6,8-10,12,20H,1,4-5,7,11,13-17H2/p+1/t20-/m0/s1. The van der Waals surface area contributed by atoms with Gasteiger partial charge in [0.25, 0.3) is 0 Å². The molecule has 4 rings (SSSR count). The molecule has 1 N–H and O–H groups in total. The summed E-state index contributed by atoms with van der Waals surface area (Å²) in [5.74, 6) is 0.659. The summed E-state index contributed by atoms with van der Waals surface area (Å²) < 4.78 is 0. The van der Waals surface area contributed by atoms with Crippen molar-refractivity contribution in [3.05, 3.63) is 48.0 Å². The minimum atomic E-state index is 0.233. The summed E-state index contributed by atoms with van der Waals surface area (Å²) in [6.45, 7) is 5.18. The summed E-state index contributed by atoms with van der Waals surface area (Å²) in [5.41, 5.74) is 1.42. The Kier molecular flexibility index (Phi) is 5.02. The van der Waals surface area contributed by atoms with Gasteiger partial charge in [-0.1, -0.05) is 42.5 Å². The molecule has 2 fully saturated rings. The number of hydrogen-bond donors (Lipinski definition) is 1. The molecule has 132 valence electrons. The maximum Gasteiger partial charge on any atom is 0.231 e. The molecular weight excluding hydrogens is 308 g/mol. The van der Waals surface area contributed by atoms with Crippen LogP contribution in [0.5, 0.6) is 0 Å². The molecular formula is C22H29N2O+. The Bertz CT molecular complexity index is 730. The first-order valence-electron chi connectivity index (χ1n) is 9.90. The summed E-state index contributed by atoms with van der Waals surface area (Å²) in [4.78, 5) is 16.6. The zero-order valence-corrected chi connectivity index (χ0v) is 15.0. The van der Waals surface area contributed by atoms with Crippen LogP contribution in [0.15, 0.2) is 42.5 Å². The first-order valence-corrected chi connectivity index (χ1v) is 9.90. The second-order valence-electron chi connectivity index (χ2n) is 7.74.